The molecular formula is C19H16FN3O2. The van der Waals surface area contributed by atoms with E-state index in [0.29, 0.717) is 22.8 Å². The molecule has 1 aromatic heterocycles. The normalized spacial score (nSPS) is 10.2. The number of halogens is 1. The summed E-state index contributed by atoms with van der Waals surface area (Å²) in [5, 5.41) is 5.81. The van der Waals surface area contributed by atoms with E-state index in [4.69, 9.17) is 4.74 Å². The predicted molar refractivity (Wildman–Crippen MR) is 94.9 cm³/mol. The summed E-state index contributed by atoms with van der Waals surface area (Å²) >= 11 is 0. The first kappa shape index (κ1) is 16.4. The topological polar surface area (TPSA) is 63.2 Å². The van der Waals surface area contributed by atoms with Crippen LogP contribution in [0.2, 0.25) is 0 Å². The number of benzene rings is 2. The van der Waals surface area contributed by atoms with Gasteiger partial charge in [-0.1, -0.05) is 6.07 Å². The summed E-state index contributed by atoms with van der Waals surface area (Å²) in [4.78, 5) is 16.4. The van der Waals surface area contributed by atoms with Crippen molar-refractivity contribution in [3.8, 4) is 5.75 Å². The average Bonchev–Trinajstić information content (AvgIpc) is 2.62. The molecule has 0 spiro atoms. The molecule has 126 valence electrons. The Kier molecular flexibility index (Phi) is 4.89. The fourth-order valence-electron chi connectivity index (χ4n) is 2.23. The minimum atomic E-state index is -0.340. The van der Waals surface area contributed by atoms with Gasteiger partial charge in [-0.15, -0.1) is 0 Å². The number of methoxy groups -OCH3 is 1. The maximum Gasteiger partial charge on any atom is 0.274 e. The zero-order valence-corrected chi connectivity index (χ0v) is 13.5. The van der Waals surface area contributed by atoms with Crippen LogP contribution in [0.25, 0.3) is 0 Å². The van der Waals surface area contributed by atoms with Gasteiger partial charge in [-0.2, -0.15) is 0 Å². The number of nitrogens with one attached hydrogen (secondary N) is 2. The molecule has 6 heteroatoms. The molecule has 25 heavy (non-hydrogen) atoms. The molecule has 2 N–H and O–H groups in total. The largest absolute Gasteiger partial charge is 0.497 e. The average molecular weight is 337 g/mol. The summed E-state index contributed by atoms with van der Waals surface area (Å²) in [5.41, 5.74) is 2.11. The van der Waals surface area contributed by atoms with E-state index < -0.39 is 0 Å². The number of carbonyl (C=O) groups is 1. The number of anilines is 3. The Bertz CT molecular complexity index is 882. The summed E-state index contributed by atoms with van der Waals surface area (Å²) in [6, 6.07) is 16.4. The highest BCUT2D eigenvalue weighted by atomic mass is 19.1. The van der Waals surface area contributed by atoms with Crippen molar-refractivity contribution in [3.63, 3.8) is 0 Å². The van der Waals surface area contributed by atoms with Gasteiger partial charge < -0.3 is 15.4 Å². The molecule has 3 rings (SSSR count). The van der Waals surface area contributed by atoms with Crippen LogP contribution >= 0.6 is 0 Å². The van der Waals surface area contributed by atoms with Crippen molar-refractivity contribution in [2.24, 2.45) is 0 Å². The van der Waals surface area contributed by atoms with E-state index >= 15 is 0 Å². The monoisotopic (exact) mass is 337 g/mol. The van der Waals surface area contributed by atoms with E-state index in [1.54, 1.807) is 55.6 Å². The number of hydrogen-bond acceptors (Lipinski definition) is 4. The Hall–Kier alpha value is -3.41. The first-order chi connectivity index (χ1) is 12.1. The Balaban J connectivity index is 1.72. The van der Waals surface area contributed by atoms with E-state index in [1.165, 1.54) is 18.3 Å². The maximum atomic E-state index is 13.2. The van der Waals surface area contributed by atoms with Gasteiger partial charge in [0, 0.05) is 23.3 Å². The highest BCUT2D eigenvalue weighted by Crippen LogP contribution is 2.19. The van der Waals surface area contributed by atoms with Crippen LogP contribution in [0.1, 0.15) is 10.5 Å². The Morgan fingerprint density at radius 2 is 1.76 bits per heavy atom. The van der Waals surface area contributed by atoms with Gasteiger partial charge in [0.15, 0.2) is 0 Å². The first-order valence-electron chi connectivity index (χ1n) is 7.58. The molecule has 2 aromatic carbocycles. The molecule has 0 saturated heterocycles. The number of ether oxygens (including phenoxy) is 1. The molecule has 0 fully saturated rings. The smallest absolute Gasteiger partial charge is 0.274 e. The Morgan fingerprint density at radius 1 is 1.00 bits per heavy atom. The van der Waals surface area contributed by atoms with Crippen molar-refractivity contribution in [1.82, 2.24) is 4.98 Å². The molecule has 0 aliphatic heterocycles. The first-order valence-corrected chi connectivity index (χ1v) is 7.58. The van der Waals surface area contributed by atoms with Crippen LogP contribution in [-0.4, -0.2) is 18.0 Å². The van der Waals surface area contributed by atoms with Gasteiger partial charge in [0.25, 0.3) is 5.91 Å². The quantitative estimate of drug-likeness (QED) is 0.731. The van der Waals surface area contributed by atoms with Crippen LogP contribution in [0.5, 0.6) is 5.75 Å². The molecule has 0 radical (unpaired) electrons. The molecule has 0 atom stereocenters. The second-order valence-electron chi connectivity index (χ2n) is 5.25. The summed E-state index contributed by atoms with van der Waals surface area (Å²) in [6.45, 7) is 0. The molecule has 0 aliphatic carbocycles. The standard InChI is InChI=1S/C19H16FN3O2/c1-25-17-7-5-14(6-8-17)23-19(24)18-12-16(9-10-21-18)22-15-4-2-3-13(20)11-15/h2-12H,1H3,(H,21,22)(H,23,24). The van der Waals surface area contributed by atoms with Gasteiger partial charge in [-0.3, -0.25) is 9.78 Å². The zero-order chi connectivity index (χ0) is 17.6. The van der Waals surface area contributed by atoms with Crippen molar-refractivity contribution < 1.29 is 13.9 Å². The fourth-order valence-corrected chi connectivity index (χ4v) is 2.23. The van der Waals surface area contributed by atoms with E-state index in [0.717, 1.165) is 0 Å². The third-order valence-corrected chi connectivity index (χ3v) is 3.45. The lowest BCUT2D eigenvalue weighted by Gasteiger charge is -2.09. The minimum Gasteiger partial charge on any atom is -0.497 e. The molecule has 0 unspecified atom stereocenters. The number of carbonyl (C=O) groups excluding carboxylic acids is 1. The summed E-state index contributed by atoms with van der Waals surface area (Å²) in [6.07, 6.45) is 1.52. The Morgan fingerprint density at radius 3 is 2.48 bits per heavy atom. The number of nitrogens with zero attached hydrogens (tertiary/aromatic N) is 1. The third-order valence-electron chi connectivity index (χ3n) is 3.45. The summed E-state index contributed by atoms with van der Waals surface area (Å²) < 4.78 is 18.3. The van der Waals surface area contributed by atoms with Gasteiger partial charge in [0.05, 0.1) is 7.11 Å². The molecular weight excluding hydrogens is 321 g/mol. The van der Waals surface area contributed by atoms with E-state index in [2.05, 4.69) is 15.6 Å². The molecule has 1 heterocycles. The third kappa shape index (κ3) is 4.32. The lowest BCUT2D eigenvalue weighted by molar-refractivity contribution is 0.102. The number of rotatable bonds is 5. The van der Waals surface area contributed by atoms with Crippen molar-refractivity contribution in [2.75, 3.05) is 17.7 Å². The fraction of sp³-hybridized carbons (Fsp3) is 0.0526. The predicted octanol–water partition coefficient (Wildman–Crippen LogP) is 4.23. The van der Waals surface area contributed by atoms with Crippen LogP contribution in [-0.2, 0) is 0 Å². The van der Waals surface area contributed by atoms with Crippen LogP contribution in [0.15, 0.2) is 66.9 Å². The lowest BCUT2D eigenvalue weighted by Crippen LogP contribution is -2.13. The SMILES string of the molecule is COc1ccc(NC(=O)c2cc(Nc3cccc(F)c3)ccn2)cc1. The van der Waals surface area contributed by atoms with E-state index in [1.807, 2.05) is 0 Å². The molecule has 0 saturated carbocycles. The lowest BCUT2D eigenvalue weighted by atomic mass is 10.2. The highest BCUT2D eigenvalue weighted by Gasteiger charge is 2.09. The molecule has 3 aromatic rings. The van der Waals surface area contributed by atoms with Gasteiger partial charge >= 0.3 is 0 Å². The van der Waals surface area contributed by atoms with E-state index in [-0.39, 0.29) is 17.4 Å². The number of pyridine rings is 1. The van der Waals surface area contributed by atoms with E-state index in [9.17, 15) is 9.18 Å². The van der Waals surface area contributed by atoms with Crippen molar-refractivity contribution >= 4 is 23.0 Å². The van der Waals surface area contributed by atoms with Gasteiger partial charge in [-0.05, 0) is 54.6 Å². The summed E-state index contributed by atoms with van der Waals surface area (Å²) in [7, 11) is 1.58. The number of aromatic nitrogens is 1. The molecule has 5 nitrogen and oxygen atoms in total. The molecule has 1 amide bonds. The number of amides is 1. The van der Waals surface area contributed by atoms with Crippen LogP contribution in [0, 0.1) is 5.82 Å². The summed E-state index contributed by atoms with van der Waals surface area (Å²) in [5.74, 6) is 0.0296. The Labute approximate surface area is 144 Å². The van der Waals surface area contributed by atoms with Crippen LogP contribution in [0.3, 0.4) is 0 Å². The van der Waals surface area contributed by atoms with Crippen molar-refractivity contribution in [2.45, 2.75) is 0 Å². The highest BCUT2D eigenvalue weighted by molar-refractivity contribution is 6.03. The number of hydrogen-bond donors (Lipinski definition) is 2. The van der Waals surface area contributed by atoms with Crippen LogP contribution in [0.4, 0.5) is 21.5 Å². The van der Waals surface area contributed by atoms with Gasteiger partial charge in [0.2, 0.25) is 0 Å². The minimum absolute atomic E-state index is 0.247. The van der Waals surface area contributed by atoms with Crippen LogP contribution < -0.4 is 15.4 Å². The zero-order valence-electron chi connectivity index (χ0n) is 13.5. The second-order valence-corrected chi connectivity index (χ2v) is 5.25. The van der Waals surface area contributed by atoms with Gasteiger partial charge in [0.1, 0.15) is 17.3 Å². The van der Waals surface area contributed by atoms with Crippen molar-refractivity contribution in [1.29, 1.82) is 0 Å². The second kappa shape index (κ2) is 7.44. The molecule has 0 bridgehead atoms. The molecule has 0 aliphatic rings. The van der Waals surface area contributed by atoms with Crippen molar-refractivity contribution in [3.05, 3.63) is 78.4 Å². The van der Waals surface area contributed by atoms with Gasteiger partial charge in [-0.25, -0.2) is 4.39 Å². The maximum absolute atomic E-state index is 13.2.